The Kier molecular flexibility index (Phi) is 4.56. The van der Waals surface area contributed by atoms with Crippen LogP contribution >= 0.6 is 0 Å². The van der Waals surface area contributed by atoms with Crippen LogP contribution < -0.4 is 9.04 Å². The predicted octanol–water partition coefficient (Wildman–Crippen LogP) is 3.23. The summed E-state index contributed by atoms with van der Waals surface area (Å²) in [6, 6.07) is 10.5. The van der Waals surface area contributed by atoms with Crippen LogP contribution in [0.1, 0.15) is 33.5 Å². The second-order valence-electron chi connectivity index (χ2n) is 6.42. The fourth-order valence-corrected chi connectivity index (χ4v) is 3.97. The van der Waals surface area contributed by atoms with Gasteiger partial charge in [-0.05, 0) is 73.7 Å². The zero-order valence-corrected chi connectivity index (χ0v) is 15.4. The van der Waals surface area contributed by atoms with E-state index in [2.05, 4.69) is 0 Å². The molecule has 0 fully saturated rings. The number of nitrogens with zero attached hydrogens (tertiary/aromatic N) is 1. The summed E-state index contributed by atoms with van der Waals surface area (Å²) in [4.78, 5) is 12.4. The molecule has 132 valence electrons. The summed E-state index contributed by atoms with van der Waals surface area (Å²) in [6.45, 7) is 4.43. The van der Waals surface area contributed by atoms with Crippen molar-refractivity contribution >= 4 is 21.7 Å². The molecule has 1 aliphatic rings. The largest absolute Gasteiger partial charge is 0.423 e. The summed E-state index contributed by atoms with van der Waals surface area (Å²) in [6.07, 6.45) is 2.67. The number of hydrogen-bond acceptors (Lipinski definition) is 4. The van der Waals surface area contributed by atoms with Crippen molar-refractivity contribution in [2.45, 2.75) is 26.7 Å². The third-order valence-corrected chi connectivity index (χ3v) is 5.66. The number of carbonyl (C=O) groups is 1. The third-order valence-electron chi connectivity index (χ3n) is 4.48. The van der Waals surface area contributed by atoms with Crippen LogP contribution in [0.4, 0.5) is 5.69 Å². The zero-order chi connectivity index (χ0) is 18.2. The molecule has 0 saturated carbocycles. The van der Waals surface area contributed by atoms with E-state index < -0.39 is 16.0 Å². The fourth-order valence-electron chi connectivity index (χ4n) is 2.98. The first-order valence-corrected chi connectivity index (χ1v) is 10.0. The first-order chi connectivity index (χ1) is 11.8. The van der Waals surface area contributed by atoms with Crippen molar-refractivity contribution < 1.29 is 17.9 Å². The minimum atomic E-state index is -3.31. The Hall–Kier alpha value is -2.34. The van der Waals surface area contributed by atoms with Crippen molar-refractivity contribution in [2.24, 2.45) is 0 Å². The Morgan fingerprint density at radius 3 is 2.52 bits per heavy atom. The van der Waals surface area contributed by atoms with Gasteiger partial charge < -0.3 is 4.74 Å². The van der Waals surface area contributed by atoms with Crippen LogP contribution in [0.5, 0.6) is 5.75 Å². The van der Waals surface area contributed by atoms with E-state index in [1.807, 2.05) is 26.0 Å². The Morgan fingerprint density at radius 2 is 1.84 bits per heavy atom. The molecule has 0 N–H and O–H groups in total. The number of esters is 1. The van der Waals surface area contributed by atoms with Gasteiger partial charge in [0.1, 0.15) is 5.75 Å². The quantitative estimate of drug-likeness (QED) is 0.623. The summed E-state index contributed by atoms with van der Waals surface area (Å²) < 4.78 is 30.6. The Bertz CT molecular complexity index is 934. The summed E-state index contributed by atoms with van der Waals surface area (Å²) in [5.74, 6) is 0.0612. The number of anilines is 1. The van der Waals surface area contributed by atoms with Gasteiger partial charge in [-0.3, -0.25) is 4.31 Å². The number of fused-ring (bicyclic) bond motifs is 1. The van der Waals surface area contributed by atoms with E-state index >= 15 is 0 Å². The van der Waals surface area contributed by atoms with Crippen molar-refractivity contribution in [2.75, 3.05) is 17.1 Å². The van der Waals surface area contributed by atoms with Gasteiger partial charge in [-0.15, -0.1) is 0 Å². The van der Waals surface area contributed by atoms with Crippen LogP contribution in [0, 0.1) is 13.8 Å². The minimum Gasteiger partial charge on any atom is -0.423 e. The summed E-state index contributed by atoms with van der Waals surface area (Å²) in [5, 5.41) is 0. The lowest BCUT2D eigenvalue weighted by molar-refractivity contribution is 0.0734. The molecular formula is C19H21NO4S. The van der Waals surface area contributed by atoms with E-state index in [0.29, 0.717) is 23.5 Å². The van der Waals surface area contributed by atoms with E-state index in [0.717, 1.165) is 29.5 Å². The SMILES string of the molecule is Cc1ccc(OC(=O)c2ccc3c(c2)CCCN3S(C)(=O)=O)cc1C. The highest BCUT2D eigenvalue weighted by Crippen LogP contribution is 2.30. The van der Waals surface area contributed by atoms with Crippen molar-refractivity contribution in [3.8, 4) is 5.75 Å². The lowest BCUT2D eigenvalue weighted by Crippen LogP contribution is -2.34. The topological polar surface area (TPSA) is 63.7 Å². The molecule has 5 nitrogen and oxygen atoms in total. The molecule has 0 saturated heterocycles. The maximum Gasteiger partial charge on any atom is 0.343 e. The van der Waals surface area contributed by atoms with Gasteiger partial charge in [0.15, 0.2) is 0 Å². The smallest absolute Gasteiger partial charge is 0.343 e. The molecule has 0 bridgehead atoms. The Balaban J connectivity index is 1.86. The van der Waals surface area contributed by atoms with Gasteiger partial charge in [0, 0.05) is 6.54 Å². The zero-order valence-electron chi connectivity index (χ0n) is 14.6. The van der Waals surface area contributed by atoms with Gasteiger partial charge in [-0.2, -0.15) is 0 Å². The molecule has 0 radical (unpaired) electrons. The Labute approximate surface area is 148 Å². The van der Waals surface area contributed by atoms with Gasteiger partial charge in [0.2, 0.25) is 10.0 Å². The highest BCUT2D eigenvalue weighted by molar-refractivity contribution is 7.92. The minimum absolute atomic E-state index is 0.423. The molecular weight excluding hydrogens is 338 g/mol. The highest BCUT2D eigenvalue weighted by atomic mass is 32.2. The molecule has 0 aliphatic carbocycles. The molecule has 1 heterocycles. The predicted molar refractivity (Wildman–Crippen MR) is 97.8 cm³/mol. The number of sulfonamides is 1. The lowest BCUT2D eigenvalue weighted by atomic mass is 10.0. The third kappa shape index (κ3) is 3.69. The molecule has 2 aromatic carbocycles. The van der Waals surface area contributed by atoms with Crippen LogP contribution in [-0.2, 0) is 16.4 Å². The van der Waals surface area contributed by atoms with Gasteiger partial charge in [-0.1, -0.05) is 6.07 Å². The molecule has 0 amide bonds. The second kappa shape index (κ2) is 6.52. The maximum atomic E-state index is 12.4. The molecule has 2 aromatic rings. The van der Waals surface area contributed by atoms with E-state index in [1.165, 1.54) is 10.6 Å². The van der Waals surface area contributed by atoms with E-state index in [-0.39, 0.29) is 0 Å². The Morgan fingerprint density at radius 1 is 1.08 bits per heavy atom. The number of carbonyl (C=O) groups excluding carboxylic acids is 1. The van der Waals surface area contributed by atoms with Crippen LogP contribution in [0.2, 0.25) is 0 Å². The molecule has 25 heavy (non-hydrogen) atoms. The second-order valence-corrected chi connectivity index (χ2v) is 8.32. The van der Waals surface area contributed by atoms with Crippen molar-refractivity contribution in [3.63, 3.8) is 0 Å². The van der Waals surface area contributed by atoms with Crippen LogP contribution in [0.15, 0.2) is 36.4 Å². The molecule has 1 aliphatic heterocycles. The summed E-state index contributed by atoms with van der Waals surface area (Å²) >= 11 is 0. The number of aryl methyl sites for hydroxylation is 3. The van der Waals surface area contributed by atoms with Crippen LogP contribution in [0.3, 0.4) is 0 Å². The van der Waals surface area contributed by atoms with Crippen LogP contribution in [-0.4, -0.2) is 27.2 Å². The van der Waals surface area contributed by atoms with Gasteiger partial charge >= 0.3 is 5.97 Å². The highest BCUT2D eigenvalue weighted by Gasteiger charge is 2.25. The van der Waals surface area contributed by atoms with Crippen LogP contribution in [0.25, 0.3) is 0 Å². The number of hydrogen-bond donors (Lipinski definition) is 0. The first-order valence-electron chi connectivity index (χ1n) is 8.16. The summed E-state index contributed by atoms with van der Waals surface area (Å²) in [5.41, 5.74) is 4.11. The number of ether oxygens (including phenoxy) is 1. The average molecular weight is 359 g/mol. The molecule has 0 aromatic heterocycles. The van der Waals surface area contributed by atoms with E-state index in [9.17, 15) is 13.2 Å². The molecule has 0 spiro atoms. The van der Waals surface area contributed by atoms with Gasteiger partial charge in [-0.25, -0.2) is 13.2 Å². The van der Waals surface area contributed by atoms with Crippen molar-refractivity contribution in [1.29, 1.82) is 0 Å². The van der Waals surface area contributed by atoms with E-state index in [4.69, 9.17) is 4.74 Å². The average Bonchev–Trinajstić information content (AvgIpc) is 2.56. The van der Waals surface area contributed by atoms with Gasteiger partial charge in [0.25, 0.3) is 0 Å². The maximum absolute atomic E-state index is 12.4. The molecule has 3 rings (SSSR count). The number of benzene rings is 2. The monoisotopic (exact) mass is 359 g/mol. The summed E-state index contributed by atoms with van der Waals surface area (Å²) in [7, 11) is -3.31. The molecule has 0 atom stereocenters. The fraction of sp³-hybridized carbons (Fsp3) is 0.316. The first kappa shape index (κ1) is 17.5. The van der Waals surface area contributed by atoms with Gasteiger partial charge in [0.05, 0.1) is 17.5 Å². The van der Waals surface area contributed by atoms with Crippen molar-refractivity contribution in [3.05, 3.63) is 58.7 Å². The standard InChI is InChI=1S/C19H21NO4S/c1-13-6-8-17(11-14(13)2)24-19(21)16-7-9-18-15(12-16)5-4-10-20(18)25(3,22)23/h6-9,11-12H,4-5,10H2,1-3H3. The molecule has 0 unspecified atom stereocenters. The molecule has 6 heteroatoms. The number of rotatable bonds is 3. The normalized spacial score (nSPS) is 14.1. The van der Waals surface area contributed by atoms with Crippen molar-refractivity contribution in [1.82, 2.24) is 0 Å². The lowest BCUT2D eigenvalue weighted by Gasteiger charge is -2.29. The van der Waals surface area contributed by atoms with E-state index in [1.54, 1.807) is 24.3 Å².